The maximum atomic E-state index is 12.6. The highest BCUT2D eigenvalue weighted by molar-refractivity contribution is 7.80. The van der Waals surface area contributed by atoms with Gasteiger partial charge in [-0.2, -0.15) is 13.2 Å². The quantitative estimate of drug-likeness (QED) is 0.782. The van der Waals surface area contributed by atoms with Crippen LogP contribution in [0.3, 0.4) is 0 Å². The third kappa shape index (κ3) is 4.97. The van der Waals surface area contributed by atoms with Gasteiger partial charge < -0.3 is 15.4 Å². The number of hydrogen-bond acceptors (Lipinski definition) is 3. The molecule has 0 fully saturated rings. The van der Waals surface area contributed by atoms with Crippen LogP contribution in [0.4, 0.5) is 18.9 Å². The van der Waals surface area contributed by atoms with Crippen molar-refractivity contribution in [3.63, 3.8) is 0 Å². The predicted octanol–water partition coefficient (Wildman–Crippen LogP) is 4.25. The molecule has 128 valence electrons. The van der Waals surface area contributed by atoms with Crippen molar-refractivity contribution in [3.8, 4) is 5.75 Å². The van der Waals surface area contributed by atoms with Gasteiger partial charge in [-0.15, -0.1) is 0 Å². The van der Waals surface area contributed by atoms with E-state index in [2.05, 4.69) is 15.6 Å². The van der Waals surface area contributed by atoms with E-state index < -0.39 is 11.7 Å². The number of alkyl halides is 3. The van der Waals surface area contributed by atoms with Crippen molar-refractivity contribution in [2.45, 2.75) is 12.8 Å². The SMILES string of the molecule is CNC(=S)Nc1ccc(OCc2ncc(C(F)(F)F)cc2Cl)cc1. The monoisotopic (exact) mass is 375 g/mol. The van der Waals surface area contributed by atoms with E-state index in [0.29, 0.717) is 10.9 Å². The van der Waals surface area contributed by atoms with E-state index in [9.17, 15) is 13.2 Å². The molecule has 0 aliphatic rings. The molecule has 0 radical (unpaired) electrons. The van der Waals surface area contributed by atoms with Crippen LogP contribution in [-0.2, 0) is 12.8 Å². The second kappa shape index (κ2) is 7.67. The van der Waals surface area contributed by atoms with Gasteiger partial charge in [-0.25, -0.2) is 0 Å². The van der Waals surface area contributed by atoms with Crippen molar-refractivity contribution in [2.24, 2.45) is 0 Å². The Morgan fingerprint density at radius 2 is 1.96 bits per heavy atom. The van der Waals surface area contributed by atoms with Crippen LogP contribution in [0.15, 0.2) is 36.5 Å². The predicted molar refractivity (Wildman–Crippen MR) is 90.3 cm³/mol. The molecule has 0 aliphatic heterocycles. The minimum absolute atomic E-state index is 0.0430. The molecule has 24 heavy (non-hydrogen) atoms. The summed E-state index contributed by atoms with van der Waals surface area (Å²) in [6.45, 7) is -0.0430. The Bertz CT molecular complexity index is 723. The molecule has 2 aromatic rings. The van der Waals surface area contributed by atoms with Gasteiger partial charge >= 0.3 is 6.18 Å². The molecule has 0 spiro atoms. The van der Waals surface area contributed by atoms with Gasteiger partial charge in [-0.1, -0.05) is 11.6 Å². The summed E-state index contributed by atoms with van der Waals surface area (Å²) in [5.74, 6) is 0.522. The Morgan fingerprint density at radius 1 is 1.29 bits per heavy atom. The molecule has 9 heteroatoms. The van der Waals surface area contributed by atoms with Crippen molar-refractivity contribution in [3.05, 3.63) is 52.8 Å². The summed E-state index contributed by atoms with van der Waals surface area (Å²) in [5, 5.41) is 6.11. The fourth-order valence-electron chi connectivity index (χ4n) is 1.71. The van der Waals surface area contributed by atoms with Gasteiger partial charge in [0.05, 0.1) is 16.3 Å². The first-order valence-electron chi connectivity index (χ1n) is 6.73. The van der Waals surface area contributed by atoms with E-state index in [0.717, 1.165) is 18.0 Å². The maximum Gasteiger partial charge on any atom is 0.417 e. The number of nitrogens with one attached hydrogen (secondary N) is 2. The number of anilines is 1. The molecular formula is C15H13ClF3N3OS. The minimum atomic E-state index is -4.48. The first kappa shape index (κ1) is 18.3. The minimum Gasteiger partial charge on any atom is -0.487 e. The highest BCUT2D eigenvalue weighted by atomic mass is 35.5. The molecule has 1 aromatic carbocycles. The van der Waals surface area contributed by atoms with Crippen LogP contribution >= 0.6 is 23.8 Å². The second-order valence-electron chi connectivity index (χ2n) is 4.67. The van der Waals surface area contributed by atoms with Gasteiger partial charge in [0.1, 0.15) is 12.4 Å². The lowest BCUT2D eigenvalue weighted by Gasteiger charge is -2.11. The lowest BCUT2D eigenvalue weighted by atomic mass is 10.2. The number of thiocarbonyl (C=S) groups is 1. The van der Waals surface area contributed by atoms with E-state index >= 15 is 0 Å². The highest BCUT2D eigenvalue weighted by Crippen LogP contribution is 2.31. The topological polar surface area (TPSA) is 46.2 Å². The zero-order chi connectivity index (χ0) is 17.7. The van der Waals surface area contributed by atoms with E-state index in [1.54, 1.807) is 31.3 Å². The number of aromatic nitrogens is 1. The summed E-state index contributed by atoms with van der Waals surface area (Å²) >= 11 is 10.8. The zero-order valence-corrected chi connectivity index (χ0v) is 14.0. The number of benzene rings is 1. The second-order valence-corrected chi connectivity index (χ2v) is 5.48. The fraction of sp³-hybridized carbons (Fsp3) is 0.200. The molecular weight excluding hydrogens is 363 g/mol. The molecule has 0 saturated carbocycles. The molecule has 0 unspecified atom stereocenters. The van der Waals surface area contributed by atoms with Gasteiger partial charge in [0.25, 0.3) is 0 Å². The van der Waals surface area contributed by atoms with Gasteiger partial charge in [0.2, 0.25) is 0 Å². The van der Waals surface area contributed by atoms with Crippen LogP contribution in [0.1, 0.15) is 11.3 Å². The smallest absolute Gasteiger partial charge is 0.417 e. The van der Waals surface area contributed by atoms with Gasteiger partial charge in [-0.3, -0.25) is 4.98 Å². The molecule has 0 saturated heterocycles. The summed E-state index contributed by atoms with van der Waals surface area (Å²) in [5.41, 5.74) is 0.0998. The largest absolute Gasteiger partial charge is 0.487 e. The number of ether oxygens (including phenoxy) is 1. The Balaban J connectivity index is 1.99. The molecule has 0 atom stereocenters. The summed E-state index contributed by atoms with van der Waals surface area (Å²) in [4.78, 5) is 3.71. The average molecular weight is 376 g/mol. The van der Waals surface area contributed by atoms with E-state index in [1.807, 2.05) is 0 Å². The first-order valence-corrected chi connectivity index (χ1v) is 7.51. The summed E-state index contributed by atoms with van der Waals surface area (Å²) in [6, 6.07) is 7.72. The molecule has 0 aliphatic carbocycles. The average Bonchev–Trinajstić information content (AvgIpc) is 2.54. The summed E-state index contributed by atoms with van der Waals surface area (Å²) < 4.78 is 43.1. The van der Waals surface area contributed by atoms with Crippen LogP contribution in [0.25, 0.3) is 0 Å². The number of hydrogen-bond donors (Lipinski definition) is 2. The van der Waals surface area contributed by atoms with E-state index in [1.165, 1.54) is 0 Å². The maximum absolute atomic E-state index is 12.6. The summed E-state index contributed by atoms with van der Waals surface area (Å²) in [6.07, 6.45) is -3.75. The van der Waals surface area contributed by atoms with Crippen LogP contribution in [0.2, 0.25) is 5.02 Å². The van der Waals surface area contributed by atoms with E-state index in [-0.39, 0.29) is 17.3 Å². The van der Waals surface area contributed by atoms with E-state index in [4.69, 9.17) is 28.6 Å². The molecule has 2 N–H and O–H groups in total. The van der Waals surface area contributed by atoms with Crippen LogP contribution in [0.5, 0.6) is 5.75 Å². The molecule has 0 bridgehead atoms. The van der Waals surface area contributed by atoms with Crippen LogP contribution < -0.4 is 15.4 Å². The highest BCUT2D eigenvalue weighted by Gasteiger charge is 2.31. The summed E-state index contributed by atoms with van der Waals surface area (Å²) in [7, 11) is 1.70. The van der Waals surface area contributed by atoms with Gasteiger partial charge in [-0.05, 0) is 42.5 Å². The lowest BCUT2D eigenvalue weighted by Crippen LogP contribution is -2.23. The fourth-order valence-corrected chi connectivity index (χ4v) is 2.05. The first-order chi connectivity index (χ1) is 11.3. The number of pyridine rings is 1. The molecule has 4 nitrogen and oxygen atoms in total. The van der Waals surface area contributed by atoms with Crippen LogP contribution in [0, 0.1) is 0 Å². The molecule has 0 amide bonds. The zero-order valence-electron chi connectivity index (χ0n) is 12.4. The third-order valence-electron chi connectivity index (χ3n) is 2.96. The Kier molecular flexibility index (Phi) is 5.84. The normalized spacial score (nSPS) is 11.0. The van der Waals surface area contributed by atoms with Crippen molar-refractivity contribution < 1.29 is 17.9 Å². The Morgan fingerprint density at radius 3 is 2.50 bits per heavy atom. The Hall–Kier alpha value is -2.06. The number of halogens is 4. The molecule has 1 aromatic heterocycles. The number of nitrogens with zero attached hydrogens (tertiary/aromatic N) is 1. The lowest BCUT2D eigenvalue weighted by molar-refractivity contribution is -0.137. The number of rotatable bonds is 4. The standard InChI is InChI=1S/C15H13ClF3N3OS/c1-20-14(24)22-10-2-4-11(5-3-10)23-8-13-12(16)6-9(7-21-13)15(17,18)19/h2-7H,8H2,1H3,(H2,20,22,24). The Labute approximate surface area is 147 Å². The van der Waals surface area contributed by atoms with Gasteiger partial charge in [0, 0.05) is 18.9 Å². The van der Waals surface area contributed by atoms with Crippen molar-refractivity contribution in [1.29, 1.82) is 0 Å². The van der Waals surface area contributed by atoms with Crippen molar-refractivity contribution >= 4 is 34.6 Å². The van der Waals surface area contributed by atoms with Gasteiger partial charge in [0.15, 0.2) is 5.11 Å². The van der Waals surface area contributed by atoms with Crippen LogP contribution in [-0.4, -0.2) is 17.1 Å². The van der Waals surface area contributed by atoms with Crippen molar-refractivity contribution in [2.75, 3.05) is 12.4 Å². The molecule has 1 heterocycles. The third-order valence-corrected chi connectivity index (χ3v) is 3.59. The molecule has 2 rings (SSSR count). The van der Waals surface area contributed by atoms with Crippen molar-refractivity contribution in [1.82, 2.24) is 10.3 Å².